The minimum absolute atomic E-state index is 0.000810. The summed E-state index contributed by atoms with van der Waals surface area (Å²) < 4.78 is 28.2. The van der Waals surface area contributed by atoms with E-state index in [0.717, 1.165) is 0 Å². The summed E-state index contributed by atoms with van der Waals surface area (Å²) in [4.78, 5) is 23.4. The molecule has 0 bridgehead atoms. The van der Waals surface area contributed by atoms with Gasteiger partial charge in [0.1, 0.15) is 0 Å². The van der Waals surface area contributed by atoms with Gasteiger partial charge in [-0.2, -0.15) is 0 Å². The zero-order valence-electron chi connectivity index (χ0n) is 13.3. The van der Waals surface area contributed by atoms with Crippen molar-refractivity contribution in [2.75, 3.05) is 19.5 Å². The topological polar surface area (TPSA) is 110 Å². The molecule has 1 atom stereocenters. The highest BCUT2D eigenvalue weighted by Crippen LogP contribution is 2.13. The zero-order valence-corrected chi connectivity index (χ0v) is 14.1. The molecule has 0 saturated heterocycles. The molecule has 128 valence electrons. The Labute approximate surface area is 135 Å². The molecule has 7 nitrogen and oxygen atoms in total. The Hall–Kier alpha value is -1.93. The molecule has 1 aromatic rings. The van der Waals surface area contributed by atoms with E-state index in [-0.39, 0.29) is 23.7 Å². The number of hydrogen-bond donors (Lipinski definition) is 2. The second-order valence-corrected chi connectivity index (χ2v) is 7.62. The minimum atomic E-state index is -3.29. The van der Waals surface area contributed by atoms with Gasteiger partial charge in [0.25, 0.3) is 0 Å². The van der Waals surface area contributed by atoms with Gasteiger partial charge < -0.3 is 15.2 Å². The van der Waals surface area contributed by atoms with Gasteiger partial charge in [-0.3, -0.25) is 4.79 Å². The first-order valence-corrected chi connectivity index (χ1v) is 8.65. The summed E-state index contributed by atoms with van der Waals surface area (Å²) >= 11 is 0. The number of carboxylic acid groups (broad SMARTS) is 1. The SMILES string of the molecule is CCS(=O)(=O)c1ccc(CC(=O)NC(C)(COC)C(=O)O)cc1. The van der Waals surface area contributed by atoms with Crippen LogP contribution in [0.25, 0.3) is 0 Å². The fraction of sp³-hybridized carbons (Fsp3) is 0.467. The van der Waals surface area contributed by atoms with E-state index in [4.69, 9.17) is 4.74 Å². The van der Waals surface area contributed by atoms with Gasteiger partial charge in [-0.25, -0.2) is 13.2 Å². The van der Waals surface area contributed by atoms with Gasteiger partial charge in [-0.15, -0.1) is 0 Å². The van der Waals surface area contributed by atoms with Gasteiger partial charge in [0, 0.05) is 7.11 Å². The largest absolute Gasteiger partial charge is 0.479 e. The Kier molecular flexibility index (Phi) is 6.28. The number of hydrogen-bond acceptors (Lipinski definition) is 5. The van der Waals surface area contributed by atoms with E-state index in [1.165, 1.54) is 38.3 Å². The Bertz CT molecular complexity index is 668. The maximum Gasteiger partial charge on any atom is 0.331 e. The third-order valence-electron chi connectivity index (χ3n) is 3.35. The lowest BCUT2D eigenvalue weighted by Gasteiger charge is -2.25. The molecular formula is C15H21NO6S. The second-order valence-electron chi connectivity index (χ2n) is 5.34. The van der Waals surface area contributed by atoms with E-state index < -0.39 is 27.3 Å². The molecule has 1 rings (SSSR count). The summed E-state index contributed by atoms with van der Waals surface area (Å²) in [6, 6.07) is 5.95. The third kappa shape index (κ3) is 5.04. The van der Waals surface area contributed by atoms with Gasteiger partial charge in [0.2, 0.25) is 5.91 Å². The van der Waals surface area contributed by atoms with Crippen LogP contribution in [0.2, 0.25) is 0 Å². The second kappa shape index (κ2) is 7.56. The number of nitrogens with one attached hydrogen (secondary N) is 1. The molecule has 0 saturated carbocycles. The highest BCUT2D eigenvalue weighted by molar-refractivity contribution is 7.91. The van der Waals surface area contributed by atoms with Crippen molar-refractivity contribution in [1.29, 1.82) is 0 Å². The third-order valence-corrected chi connectivity index (χ3v) is 5.10. The first kappa shape index (κ1) is 19.1. The lowest BCUT2D eigenvalue weighted by molar-refractivity contribution is -0.149. The number of ether oxygens (including phenoxy) is 1. The van der Waals surface area contributed by atoms with Gasteiger partial charge in [-0.05, 0) is 24.6 Å². The number of carbonyl (C=O) groups is 2. The number of carbonyl (C=O) groups excluding carboxylic acids is 1. The maximum atomic E-state index is 12.0. The molecule has 0 aliphatic carbocycles. The van der Waals surface area contributed by atoms with E-state index in [2.05, 4.69) is 5.32 Å². The van der Waals surface area contributed by atoms with Crippen LogP contribution in [0, 0.1) is 0 Å². The average molecular weight is 343 g/mol. The maximum absolute atomic E-state index is 12.0. The van der Waals surface area contributed by atoms with Crippen LogP contribution in [-0.4, -0.2) is 50.4 Å². The smallest absolute Gasteiger partial charge is 0.331 e. The zero-order chi connectivity index (χ0) is 17.7. The van der Waals surface area contributed by atoms with Crippen LogP contribution in [-0.2, 0) is 30.6 Å². The summed E-state index contributed by atoms with van der Waals surface area (Å²) in [6.07, 6.45) is -0.0565. The molecule has 0 aliphatic heterocycles. The number of amides is 1. The van der Waals surface area contributed by atoms with Gasteiger partial charge in [0.15, 0.2) is 15.4 Å². The summed E-state index contributed by atoms with van der Waals surface area (Å²) in [6.45, 7) is 2.74. The fourth-order valence-electron chi connectivity index (χ4n) is 1.96. The summed E-state index contributed by atoms with van der Waals surface area (Å²) in [5.41, 5.74) is -0.931. The molecule has 1 unspecified atom stereocenters. The highest BCUT2D eigenvalue weighted by Gasteiger charge is 2.34. The normalized spacial score (nSPS) is 14.0. The van der Waals surface area contributed by atoms with Crippen molar-refractivity contribution in [1.82, 2.24) is 5.32 Å². The van der Waals surface area contributed by atoms with E-state index >= 15 is 0 Å². The van der Waals surface area contributed by atoms with Crippen LogP contribution in [0.15, 0.2) is 29.2 Å². The van der Waals surface area contributed by atoms with E-state index in [9.17, 15) is 23.1 Å². The lowest BCUT2D eigenvalue weighted by Crippen LogP contribution is -2.55. The first-order chi connectivity index (χ1) is 10.6. The number of carboxylic acids is 1. The molecular weight excluding hydrogens is 322 g/mol. The molecule has 1 aromatic carbocycles. The molecule has 0 aliphatic rings. The Morgan fingerprint density at radius 3 is 2.26 bits per heavy atom. The van der Waals surface area contributed by atoms with Crippen LogP contribution >= 0.6 is 0 Å². The predicted molar refractivity (Wildman–Crippen MR) is 83.9 cm³/mol. The van der Waals surface area contributed by atoms with Crippen LogP contribution < -0.4 is 5.32 Å². The van der Waals surface area contributed by atoms with Crippen LogP contribution in [0.3, 0.4) is 0 Å². The van der Waals surface area contributed by atoms with Gasteiger partial charge in [0.05, 0.1) is 23.7 Å². The standard InChI is InChI=1S/C15H21NO6S/c1-4-23(20,21)12-7-5-11(6-8-12)9-13(17)16-15(2,10-22-3)14(18)19/h5-8H,4,9-10H2,1-3H3,(H,16,17)(H,18,19). The van der Waals surface area contributed by atoms with Crippen molar-refractivity contribution < 1.29 is 27.9 Å². The molecule has 0 spiro atoms. The van der Waals surface area contributed by atoms with Crippen molar-refractivity contribution in [3.05, 3.63) is 29.8 Å². The van der Waals surface area contributed by atoms with E-state index in [1.807, 2.05) is 0 Å². The molecule has 0 radical (unpaired) electrons. The van der Waals surface area contributed by atoms with Crippen molar-refractivity contribution >= 4 is 21.7 Å². The van der Waals surface area contributed by atoms with Crippen molar-refractivity contribution in [3.63, 3.8) is 0 Å². The number of aliphatic carboxylic acids is 1. The number of methoxy groups -OCH3 is 1. The monoisotopic (exact) mass is 343 g/mol. The minimum Gasteiger partial charge on any atom is -0.479 e. The molecule has 23 heavy (non-hydrogen) atoms. The number of sulfone groups is 1. The lowest BCUT2D eigenvalue weighted by atomic mass is 10.0. The van der Waals surface area contributed by atoms with Crippen molar-refractivity contribution in [2.24, 2.45) is 0 Å². The van der Waals surface area contributed by atoms with Crippen LogP contribution in [0.5, 0.6) is 0 Å². The molecule has 0 aromatic heterocycles. The predicted octanol–water partition coefficient (Wildman–Crippen LogP) is 0.629. The van der Waals surface area contributed by atoms with Crippen molar-refractivity contribution in [2.45, 2.75) is 30.7 Å². The molecule has 2 N–H and O–H groups in total. The quantitative estimate of drug-likeness (QED) is 0.716. The average Bonchev–Trinajstić information content (AvgIpc) is 2.47. The van der Waals surface area contributed by atoms with E-state index in [0.29, 0.717) is 5.56 Å². The summed E-state index contributed by atoms with van der Waals surface area (Å²) in [5.74, 6) is -1.68. The van der Waals surface area contributed by atoms with Gasteiger partial charge in [-0.1, -0.05) is 19.1 Å². The number of rotatable bonds is 8. The Balaban J connectivity index is 2.80. The van der Waals surface area contributed by atoms with E-state index in [1.54, 1.807) is 6.92 Å². The fourth-order valence-corrected chi connectivity index (χ4v) is 2.84. The van der Waals surface area contributed by atoms with Crippen LogP contribution in [0.4, 0.5) is 0 Å². The van der Waals surface area contributed by atoms with Crippen molar-refractivity contribution in [3.8, 4) is 0 Å². The highest BCUT2D eigenvalue weighted by atomic mass is 32.2. The molecule has 8 heteroatoms. The first-order valence-electron chi connectivity index (χ1n) is 6.99. The van der Waals surface area contributed by atoms with Crippen LogP contribution in [0.1, 0.15) is 19.4 Å². The molecule has 0 fully saturated rings. The Morgan fingerprint density at radius 2 is 1.83 bits per heavy atom. The molecule has 0 heterocycles. The number of benzene rings is 1. The Morgan fingerprint density at radius 1 is 1.26 bits per heavy atom. The van der Waals surface area contributed by atoms with Gasteiger partial charge >= 0.3 is 5.97 Å². The summed E-state index contributed by atoms with van der Waals surface area (Å²) in [5, 5.41) is 11.6. The molecule has 1 amide bonds. The summed E-state index contributed by atoms with van der Waals surface area (Å²) in [7, 11) is -1.94.